The van der Waals surface area contributed by atoms with E-state index in [0.29, 0.717) is 5.57 Å². The molecule has 188 valence electrons. The second-order valence-electron chi connectivity index (χ2n) is 8.57. The molecule has 34 heavy (non-hydrogen) atoms. The van der Waals surface area contributed by atoms with Crippen molar-refractivity contribution in [3.05, 3.63) is 29.3 Å². The van der Waals surface area contributed by atoms with E-state index in [1.165, 1.54) is 6.08 Å². The Labute approximate surface area is 197 Å². The van der Waals surface area contributed by atoms with Crippen LogP contribution in [0.5, 0.6) is 0 Å². The van der Waals surface area contributed by atoms with Gasteiger partial charge >= 0.3 is 12.3 Å². The number of rotatable bonds is 6. The predicted molar refractivity (Wildman–Crippen MR) is 116 cm³/mol. The molecule has 0 bridgehead atoms. The van der Waals surface area contributed by atoms with Crippen LogP contribution in [-0.4, -0.2) is 63.4 Å². The third kappa shape index (κ3) is 7.78. The van der Waals surface area contributed by atoms with Gasteiger partial charge in [-0.1, -0.05) is 29.6 Å². The number of hydrogen-bond donors (Lipinski definition) is 2. The first-order chi connectivity index (χ1) is 15.6. The second-order valence-corrected chi connectivity index (χ2v) is 9.55. The van der Waals surface area contributed by atoms with Gasteiger partial charge in [0.25, 0.3) is 0 Å². The van der Waals surface area contributed by atoms with E-state index in [1.807, 2.05) is 0 Å². The molecule has 0 saturated carbocycles. The van der Waals surface area contributed by atoms with Gasteiger partial charge in [-0.05, 0) is 27.7 Å². The van der Waals surface area contributed by atoms with Gasteiger partial charge in [0.2, 0.25) is 22.0 Å². The summed E-state index contributed by atoms with van der Waals surface area (Å²) < 4.78 is 57.0. The van der Waals surface area contributed by atoms with Crippen LogP contribution < -0.4 is 10.6 Å². The lowest BCUT2D eigenvalue weighted by atomic mass is 10.1. The molecule has 2 rings (SSSR count). The van der Waals surface area contributed by atoms with Crippen molar-refractivity contribution in [3.8, 4) is 0 Å². The summed E-state index contributed by atoms with van der Waals surface area (Å²) in [6.07, 6.45) is -4.92. The Balaban J connectivity index is 2.04. The first kappa shape index (κ1) is 27.2. The summed E-state index contributed by atoms with van der Waals surface area (Å²) >= 11 is 0.158. The normalized spacial score (nSPS) is 19.7. The number of anilines is 1. The van der Waals surface area contributed by atoms with E-state index in [4.69, 9.17) is 4.74 Å². The minimum atomic E-state index is -4.68. The number of hydrogen-bond acceptors (Lipinski definition) is 7. The van der Waals surface area contributed by atoms with Gasteiger partial charge in [0.05, 0.1) is 12.6 Å². The topological polar surface area (TPSA) is 114 Å². The van der Waals surface area contributed by atoms with Crippen LogP contribution in [0.4, 0.5) is 27.5 Å². The standard InChI is InChI=1S/C20H25F4N5O4S/c1-10(2)12(6-7-14(30)26-17-28-27-16(34-17)20(22,23)24)25-15(31)13-8-11(21)9-29(13)18(32)33-19(3,4)5/h6-7,11-13H,1,8-9H2,2-5H3,(H,25,31)(H,26,28,30)/b7-6+/t11-,12+,13-/m0/s1. The fourth-order valence-corrected chi connectivity index (χ4v) is 3.47. The highest BCUT2D eigenvalue weighted by Gasteiger charge is 2.42. The van der Waals surface area contributed by atoms with Gasteiger partial charge in [-0.3, -0.25) is 19.8 Å². The molecule has 3 atom stereocenters. The number of likely N-dealkylation sites (tertiary alicyclic amines) is 1. The van der Waals surface area contributed by atoms with Crippen molar-refractivity contribution < 1.29 is 36.7 Å². The Morgan fingerprint density at radius 1 is 1.26 bits per heavy atom. The summed E-state index contributed by atoms with van der Waals surface area (Å²) in [5.74, 6) is -1.49. The maximum absolute atomic E-state index is 14.0. The molecule has 0 radical (unpaired) electrons. The Bertz CT molecular complexity index is 973. The van der Waals surface area contributed by atoms with Crippen LogP contribution in [-0.2, 0) is 20.5 Å². The van der Waals surface area contributed by atoms with Crippen LogP contribution in [0.1, 0.15) is 39.1 Å². The smallest absolute Gasteiger partial charge is 0.444 e. The monoisotopic (exact) mass is 507 g/mol. The van der Waals surface area contributed by atoms with E-state index in [2.05, 4.69) is 27.4 Å². The Morgan fingerprint density at radius 2 is 1.91 bits per heavy atom. The number of aromatic nitrogens is 2. The molecule has 1 saturated heterocycles. The van der Waals surface area contributed by atoms with E-state index in [0.717, 1.165) is 11.0 Å². The van der Waals surface area contributed by atoms with Gasteiger partial charge in [0.15, 0.2) is 0 Å². The van der Waals surface area contributed by atoms with Gasteiger partial charge in [-0.15, -0.1) is 10.2 Å². The molecule has 2 heterocycles. The summed E-state index contributed by atoms with van der Waals surface area (Å²) in [5, 5.41) is 9.36. The summed E-state index contributed by atoms with van der Waals surface area (Å²) in [6, 6.07) is -2.01. The fraction of sp³-hybridized carbons (Fsp3) is 0.550. The maximum Gasteiger partial charge on any atom is 0.445 e. The van der Waals surface area contributed by atoms with Crippen molar-refractivity contribution in [1.82, 2.24) is 20.4 Å². The molecular weight excluding hydrogens is 482 g/mol. The summed E-state index contributed by atoms with van der Waals surface area (Å²) in [6.45, 7) is 9.90. The van der Waals surface area contributed by atoms with Gasteiger partial charge in [-0.2, -0.15) is 13.2 Å². The molecule has 0 aliphatic carbocycles. The average molecular weight is 508 g/mol. The lowest BCUT2D eigenvalue weighted by molar-refractivity contribution is -0.138. The molecule has 1 aromatic rings. The van der Waals surface area contributed by atoms with Crippen molar-refractivity contribution in [2.75, 3.05) is 11.9 Å². The minimum absolute atomic E-state index is 0.158. The van der Waals surface area contributed by atoms with E-state index < -0.39 is 52.9 Å². The molecular formula is C20H25F4N5O4S. The minimum Gasteiger partial charge on any atom is -0.444 e. The lowest BCUT2D eigenvalue weighted by Crippen LogP contribution is -2.49. The third-order valence-electron chi connectivity index (χ3n) is 4.35. The molecule has 1 aromatic heterocycles. The maximum atomic E-state index is 14.0. The number of nitrogens with zero attached hydrogens (tertiary/aromatic N) is 3. The molecule has 2 N–H and O–H groups in total. The zero-order valence-electron chi connectivity index (χ0n) is 18.9. The Kier molecular flexibility index (Phi) is 8.40. The molecule has 0 spiro atoms. The highest BCUT2D eigenvalue weighted by molar-refractivity contribution is 7.15. The van der Waals surface area contributed by atoms with Gasteiger partial charge < -0.3 is 10.1 Å². The molecule has 14 heteroatoms. The van der Waals surface area contributed by atoms with Gasteiger partial charge in [0.1, 0.15) is 17.8 Å². The molecule has 1 aliphatic heterocycles. The number of alkyl halides is 4. The first-order valence-electron chi connectivity index (χ1n) is 10.1. The van der Waals surface area contributed by atoms with Crippen LogP contribution in [0.15, 0.2) is 24.3 Å². The number of amides is 3. The predicted octanol–water partition coefficient (Wildman–Crippen LogP) is 3.46. The van der Waals surface area contributed by atoms with Crippen LogP contribution in [0.3, 0.4) is 0 Å². The number of halogens is 4. The lowest BCUT2D eigenvalue weighted by Gasteiger charge is -2.28. The molecule has 1 fully saturated rings. The van der Waals surface area contributed by atoms with Crippen LogP contribution >= 0.6 is 11.3 Å². The largest absolute Gasteiger partial charge is 0.445 e. The summed E-state index contributed by atoms with van der Waals surface area (Å²) in [4.78, 5) is 38.2. The van der Waals surface area contributed by atoms with E-state index in [1.54, 1.807) is 27.7 Å². The Morgan fingerprint density at radius 3 is 2.44 bits per heavy atom. The van der Waals surface area contributed by atoms with E-state index >= 15 is 0 Å². The fourth-order valence-electron chi connectivity index (χ4n) is 2.86. The SMILES string of the molecule is C=C(C)[C@@H](/C=C/C(=O)Nc1nnc(C(F)(F)F)s1)NC(=O)[C@@H]1C[C@H](F)CN1C(=O)OC(C)(C)C. The second kappa shape index (κ2) is 10.5. The highest BCUT2D eigenvalue weighted by Crippen LogP contribution is 2.33. The molecule has 1 aliphatic rings. The van der Waals surface area contributed by atoms with E-state index in [9.17, 15) is 31.9 Å². The molecule has 3 amide bonds. The third-order valence-corrected chi connectivity index (χ3v) is 5.23. The van der Waals surface area contributed by atoms with Crippen molar-refractivity contribution in [1.29, 1.82) is 0 Å². The first-order valence-corrected chi connectivity index (χ1v) is 10.9. The summed E-state index contributed by atoms with van der Waals surface area (Å²) in [7, 11) is 0. The van der Waals surface area contributed by atoms with Crippen molar-refractivity contribution in [2.24, 2.45) is 0 Å². The van der Waals surface area contributed by atoms with Crippen molar-refractivity contribution in [3.63, 3.8) is 0 Å². The van der Waals surface area contributed by atoms with Crippen LogP contribution in [0.2, 0.25) is 0 Å². The van der Waals surface area contributed by atoms with Crippen molar-refractivity contribution >= 4 is 34.4 Å². The Hall–Kier alpha value is -3.03. The number of ether oxygens (including phenoxy) is 1. The average Bonchev–Trinajstić information content (AvgIpc) is 3.30. The number of carbonyl (C=O) groups is 3. The number of nitrogens with one attached hydrogen (secondary N) is 2. The van der Waals surface area contributed by atoms with Crippen LogP contribution in [0.25, 0.3) is 0 Å². The molecule has 0 aromatic carbocycles. The zero-order valence-corrected chi connectivity index (χ0v) is 19.7. The van der Waals surface area contributed by atoms with E-state index in [-0.39, 0.29) is 29.4 Å². The quantitative estimate of drug-likeness (QED) is 0.346. The number of carbonyl (C=O) groups excluding carboxylic acids is 3. The van der Waals surface area contributed by atoms with Gasteiger partial charge in [0, 0.05) is 12.5 Å². The van der Waals surface area contributed by atoms with Crippen LogP contribution in [0, 0.1) is 0 Å². The van der Waals surface area contributed by atoms with Gasteiger partial charge in [-0.25, -0.2) is 9.18 Å². The summed E-state index contributed by atoms with van der Waals surface area (Å²) in [5.41, 5.74) is -0.428. The molecule has 9 nitrogen and oxygen atoms in total. The highest BCUT2D eigenvalue weighted by atomic mass is 32.1. The zero-order chi connectivity index (χ0) is 25.8. The van der Waals surface area contributed by atoms with Crippen molar-refractivity contribution in [2.45, 2.75) is 64.1 Å². The molecule has 0 unspecified atom stereocenters.